The highest BCUT2D eigenvalue weighted by Crippen LogP contribution is 2.25. The summed E-state index contributed by atoms with van der Waals surface area (Å²) in [6.07, 6.45) is -0.0302. The predicted molar refractivity (Wildman–Crippen MR) is 71.8 cm³/mol. The van der Waals surface area contributed by atoms with Crippen LogP contribution in [0.2, 0.25) is 0 Å². The molecule has 6 heteroatoms. The van der Waals surface area contributed by atoms with Gasteiger partial charge in [-0.3, -0.25) is 5.32 Å². The fourth-order valence-corrected chi connectivity index (χ4v) is 1.43. The number of nitrogens with one attached hydrogen (secondary N) is 1. The summed E-state index contributed by atoms with van der Waals surface area (Å²) in [5, 5.41) is 12.3. The van der Waals surface area contributed by atoms with Crippen molar-refractivity contribution in [3.8, 4) is 5.75 Å². The van der Waals surface area contributed by atoms with Crippen LogP contribution in [0.4, 0.5) is 10.5 Å². The van der Waals surface area contributed by atoms with Crippen LogP contribution in [0.1, 0.15) is 26.3 Å². The number of hydrogen-bond donors (Lipinski definition) is 3. The van der Waals surface area contributed by atoms with Crippen molar-refractivity contribution in [3.63, 3.8) is 0 Å². The van der Waals surface area contributed by atoms with Crippen LogP contribution in [0.25, 0.3) is 0 Å². The Morgan fingerprint density at radius 2 is 2.11 bits per heavy atom. The Labute approximate surface area is 112 Å². The van der Waals surface area contributed by atoms with Crippen LogP contribution in [0.15, 0.2) is 18.2 Å². The number of anilines is 1. The van der Waals surface area contributed by atoms with E-state index in [1.54, 1.807) is 39.0 Å². The first-order valence-electron chi connectivity index (χ1n) is 5.95. The second kappa shape index (κ2) is 6.40. The third-order valence-electron chi connectivity index (χ3n) is 2.21. The van der Waals surface area contributed by atoms with Crippen LogP contribution < -0.4 is 11.2 Å². The summed E-state index contributed by atoms with van der Waals surface area (Å²) in [6, 6.07) is 4.92. The first-order valence-corrected chi connectivity index (χ1v) is 5.95. The molecular formula is C13H20N2O4. The van der Waals surface area contributed by atoms with E-state index in [0.717, 1.165) is 5.56 Å². The van der Waals surface area contributed by atoms with Crippen molar-refractivity contribution in [3.05, 3.63) is 23.8 Å². The van der Waals surface area contributed by atoms with E-state index in [1.165, 1.54) is 0 Å². The Morgan fingerprint density at radius 3 is 2.63 bits per heavy atom. The Bertz CT molecular complexity index is 441. The second-order valence-corrected chi connectivity index (χ2v) is 5.10. The van der Waals surface area contributed by atoms with E-state index >= 15 is 0 Å². The monoisotopic (exact) mass is 268 g/mol. The molecule has 0 atom stereocenters. The molecule has 19 heavy (non-hydrogen) atoms. The standard InChI is InChI=1S/C13H20N2O4/c1-13(2,3)19-12(17)15-10-5-4-9(6-7-18-14)8-11(10)16/h4-5,8,16H,6-7,14H2,1-3H3,(H,15,17). The number of ether oxygens (including phenoxy) is 1. The predicted octanol–water partition coefficient (Wildman–Crippen LogP) is 2.17. The normalized spacial score (nSPS) is 11.2. The number of aromatic hydroxyl groups is 1. The van der Waals surface area contributed by atoms with Crippen LogP contribution in [0.5, 0.6) is 5.75 Å². The van der Waals surface area contributed by atoms with Crippen molar-refractivity contribution >= 4 is 11.8 Å². The Hall–Kier alpha value is -1.79. The summed E-state index contributed by atoms with van der Waals surface area (Å²) in [6.45, 7) is 5.66. The molecule has 0 aliphatic rings. The smallest absolute Gasteiger partial charge is 0.412 e. The summed E-state index contributed by atoms with van der Waals surface area (Å²) in [5.74, 6) is 4.91. The van der Waals surface area contributed by atoms with E-state index in [-0.39, 0.29) is 5.75 Å². The first kappa shape index (κ1) is 15.3. The molecule has 0 bridgehead atoms. The molecule has 0 aromatic heterocycles. The number of phenols is 1. The van der Waals surface area contributed by atoms with Gasteiger partial charge in [-0.15, -0.1) is 0 Å². The fraction of sp³-hybridized carbons (Fsp3) is 0.462. The number of amides is 1. The third kappa shape index (κ3) is 5.58. The first-order chi connectivity index (χ1) is 8.81. The molecule has 0 heterocycles. The van der Waals surface area contributed by atoms with E-state index < -0.39 is 11.7 Å². The molecule has 1 rings (SSSR count). The van der Waals surface area contributed by atoms with Gasteiger partial charge in [0.05, 0.1) is 12.3 Å². The molecule has 1 aromatic rings. The Kier molecular flexibility index (Phi) is 5.14. The minimum Gasteiger partial charge on any atom is -0.506 e. The number of rotatable bonds is 4. The lowest BCUT2D eigenvalue weighted by molar-refractivity contribution is 0.0635. The topological polar surface area (TPSA) is 93.8 Å². The zero-order chi connectivity index (χ0) is 14.5. The van der Waals surface area contributed by atoms with Gasteiger partial charge in [0, 0.05) is 0 Å². The van der Waals surface area contributed by atoms with E-state index in [9.17, 15) is 9.90 Å². The Morgan fingerprint density at radius 1 is 1.42 bits per heavy atom. The zero-order valence-electron chi connectivity index (χ0n) is 11.4. The lowest BCUT2D eigenvalue weighted by Crippen LogP contribution is -2.27. The van der Waals surface area contributed by atoms with Crippen molar-refractivity contribution in [2.75, 3.05) is 11.9 Å². The van der Waals surface area contributed by atoms with Gasteiger partial charge in [-0.2, -0.15) is 0 Å². The van der Waals surface area contributed by atoms with E-state index in [4.69, 9.17) is 10.6 Å². The van der Waals surface area contributed by atoms with Crippen molar-refractivity contribution in [2.24, 2.45) is 5.90 Å². The van der Waals surface area contributed by atoms with Gasteiger partial charge in [0.1, 0.15) is 11.4 Å². The largest absolute Gasteiger partial charge is 0.506 e. The maximum Gasteiger partial charge on any atom is 0.412 e. The molecule has 0 aliphatic carbocycles. The van der Waals surface area contributed by atoms with Crippen molar-refractivity contribution < 1.29 is 19.5 Å². The highest BCUT2D eigenvalue weighted by Gasteiger charge is 2.17. The average molecular weight is 268 g/mol. The van der Waals surface area contributed by atoms with Crippen LogP contribution >= 0.6 is 0 Å². The van der Waals surface area contributed by atoms with Crippen molar-refractivity contribution in [1.82, 2.24) is 0 Å². The molecule has 0 saturated carbocycles. The maximum absolute atomic E-state index is 11.6. The molecule has 0 unspecified atom stereocenters. The summed E-state index contributed by atoms with van der Waals surface area (Å²) < 4.78 is 5.09. The van der Waals surface area contributed by atoms with Crippen molar-refractivity contribution in [2.45, 2.75) is 32.8 Å². The average Bonchev–Trinajstić information content (AvgIpc) is 2.27. The van der Waals surface area contributed by atoms with Gasteiger partial charge in [-0.05, 0) is 44.9 Å². The van der Waals surface area contributed by atoms with Gasteiger partial charge >= 0.3 is 6.09 Å². The number of carbonyl (C=O) groups excluding carboxylic acids is 1. The van der Waals surface area contributed by atoms with Gasteiger partial charge < -0.3 is 14.7 Å². The van der Waals surface area contributed by atoms with Gasteiger partial charge in [-0.1, -0.05) is 6.07 Å². The summed E-state index contributed by atoms with van der Waals surface area (Å²) in [4.78, 5) is 16.0. The van der Waals surface area contributed by atoms with E-state index in [1.807, 2.05) is 0 Å². The van der Waals surface area contributed by atoms with E-state index in [0.29, 0.717) is 18.7 Å². The number of hydrogen-bond acceptors (Lipinski definition) is 5. The summed E-state index contributed by atoms with van der Waals surface area (Å²) >= 11 is 0. The molecule has 0 aliphatic heterocycles. The van der Waals surface area contributed by atoms with Crippen LogP contribution in [0.3, 0.4) is 0 Å². The van der Waals surface area contributed by atoms with Crippen LogP contribution in [-0.2, 0) is 16.0 Å². The highest BCUT2D eigenvalue weighted by atomic mass is 16.6. The minimum absolute atomic E-state index is 0.0274. The molecule has 0 radical (unpaired) electrons. The molecule has 0 fully saturated rings. The number of phenolic OH excluding ortho intramolecular Hbond substituents is 1. The number of carbonyl (C=O) groups is 1. The lowest BCUT2D eigenvalue weighted by Gasteiger charge is -2.20. The third-order valence-corrected chi connectivity index (χ3v) is 2.21. The van der Waals surface area contributed by atoms with Gasteiger partial charge in [0.25, 0.3) is 0 Å². The zero-order valence-corrected chi connectivity index (χ0v) is 11.4. The van der Waals surface area contributed by atoms with Crippen molar-refractivity contribution in [1.29, 1.82) is 0 Å². The summed E-state index contributed by atoms with van der Waals surface area (Å²) in [5.41, 5.74) is 0.572. The number of nitrogens with two attached hydrogens (primary N) is 1. The van der Waals surface area contributed by atoms with E-state index in [2.05, 4.69) is 10.2 Å². The van der Waals surface area contributed by atoms with Gasteiger partial charge in [0.15, 0.2) is 0 Å². The SMILES string of the molecule is CC(C)(C)OC(=O)Nc1ccc(CCON)cc1O. The van der Waals surface area contributed by atoms with Crippen LogP contribution in [-0.4, -0.2) is 23.4 Å². The molecule has 6 nitrogen and oxygen atoms in total. The second-order valence-electron chi connectivity index (χ2n) is 5.10. The lowest BCUT2D eigenvalue weighted by atomic mass is 10.1. The van der Waals surface area contributed by atoms with Crippen LogP contribution in [0, 0.1) is 0 Å². The molecule has 106 valence electrons. The Balaban J connectivity index is 2.67. The quantitative estimate of drug-likeness (QED) is 0.574. The van der Waals surface area contributed by atoms with Gasteiger partial charge in [0.2, 0.25) is 0 Å². The molecule has 1 amide bonds. The summed E-state index contributed by atoms with van der Waals surface area (Å²) in [7, 11) is 0. The maximum atomic E-state index is 11.6. The molecule has 0 saturated heterocycles. The minimum atomic E-state index is -0.610. The highest BCUT2D eigenvalue weighted by molar-refractivity contribution is 5.86. The molecule has 1 aromatic carbocycles. The molecular weight excluding hydrogens is 248 g/mol. The molecule has 4 N–H and O–H groups in total. The molecule has 0 spiro atoms. The van der Waals surface area contributed by atoms with Gasteiger partial charge in [-0.25, -0.2) is 10.7 Å². The fourth-order valence-electron chi connectivity index (χ4n) is 1.43. The number of benzene rings is 1.